The van der Waals surface area contributed by atoms with Gasteiger partial charge in [0.25, 0.3) is 0 Å². The smallest absolute Gasteiger partial charge is 0.239 e. The van der Waals surface area contributed by atoms with Crippen LogP contribution in [0.15, 0.2) is 11.6 Å². The van der Waals surface area contributed by atoms with Gasteiger partial charge >= 0.3 is 0 Å². The zero-order chi connectivity index (χ0) is 13.0. The Balaban J connectivity index is 1.86. The standard InChI is InChI=1S/C13H21N3OS/c1-10(12-14-6-9-18-12)15-11(2)13(17)16-7-4-3-5-8-16/h6,9-11,15H,3-5,7-8H2,1-2H3. The quantitative estimate of drug-likeness (QED) is 0.909. The second-order valence-electron chi connectivity index (χ2n) is 4.87. The maximum absolute atomic E-state index is 12.2. The molecule has 1 amide bonds. The van der Waals surface area contributed by atoms with Crippen molar-refractivity contribution in [1.82, 2.24) is 15.2 Å². The van der Waals surface area contributed by atoms with Gasteiger partial charge in [0.1, 0.15) is 5.01 Å². The second kappa shape index (κ2) is 6.29. The van der Waals surface area contributed by atoms with E-state index in [2.05, 4.69) is 17.2 Å². The van der Waals surface area contributed by atoms with Crippen molar-refractivity contribution in [1.29, 1.82) is 0 Å². The fourth-order valence-corrected chi connectivity index (χ4v) is 3.01. The monoisotopic (exact) mass is 267 g/mol. The third-order valence-electron chi connectivity index (χ3n) is 3.36. The molecule has 0 aliphatic carbocycles. The summed E-state index contributed by atoms with van der Waals surface area (Å²) in [6, 6.07) is -0.00394. The third-order valence-corrected chi connectivity index (χ3v) is 4.32. The van der Waals surface area contributed by atoms with Gasteiger partial charge in [-0.2, -0.15) is 0 Å². The molecule has 18 heavy (non-hydrogen) atoms. The number of nitrogens with zero attached hydrogens (tertiary/aromatic N) is 2. The van der Waals surface area contributed by atoms with Crippen LogP contribution in [0.25, 0.3) is 0 Å². The topological polar surface area (TPSA) is 45.2 Å². The van der Waals surface area contributed by atoms with Crippen molar-refractivity contribution >= 4 is 17.2 Å². The first-order chi connectivity index (χ1) is 8.68. The Bertz CT molecular complexity index is 374. The minimum atomic E-state index is -0.137. The van der Waals surface area contributed by atoms with Gasteiger partial charge < -0.3 is 4.90 Å². The summed E-state index contributed by atoms with van der Waals surface area (Å²) >= 11 is 1.62. The van der Waals surface area contributed by atoms with Gasteiger partial charge in [0.2, 0.25) is 5.91 Å². The molecule has 100 valence electrons. The Labute approximate surface area is 112 Å². The molecule has 1 N–H and O–H groups in total. The van der Waals surface area contributed by atoms with Crippen molar-refractivity contribution in [2.45, 2.75) is 45.2 Å². The first kappa shape index (κ1) is 13.5. The Morgan fingerprint density at radius 1 is 1.39 bits per heavy atom. The van der Waals surface area contributed by atoms with E-state index in [1.165, 1.54) is 6.42 Å². The maximum Gasteiger partial charge on any atom is 0.239 e. The molecule has 0 bridgehead atoms. The second-order valence-corrected chi connectivity index (χ2v) is 5.79. The molecular formula is C13H21N3OS. The van der Waals surface area contributed by atoms with Crippen molar-refractivity contribution in [3.8, 4) is 0 Å². The Hall–Kier alpha value is -0.940. The van der Waals surface area contributed by atoms with Crippen LogP contribution < -0.4 is 5.32 Å². The van der Waals surface area contributed by atoms with Crippen molar-refractivity contribution in [2.75, 3.05) is 13.1 Å². The largest absolute Gasteiger partial charge is 0.341 e. The number of nitrogens with one attached hydrogen (secondary N) is 1. The minimum absolute atomic E-state index is 0.133. The number of rotatable bonds is 4. The molecule has 2 atom stereocenters. The van der Waals surface area contributed by atoms with E-state index < -0.39 is 0 Å². The molecule has 1 fully saturated rings. The van der Waals surface area contributed by atoms with Gasteiger partial charge in [0.05, 0.1) is 12.1 Å². The summed E-state index contributed by atoms with van der Waals surface area (Å²) in [5.74, 6) is 0.220. The van der Waals surface area contributed by atoms with Gasteiger partial charge in [-0.05, 0) is 33.1 Å². The summed E-state index contributed by atoms with van der Waals surface area (Å²) in [7, 11) is 0. The zero-order valence-electron chi connectivity index (χ0n) is 11.1. The summed E-state index contributed by atoms with van der Waals surface area (Å²) < 4.78 is 0. The van der Waals surface area contributed by atoms with Crippen molar-refractivity contribution in [3.63, 3.8) is 0 Å². The molecule has 1 aliphatic heterocycles. The molecular weight excluding hydrogens is 246 g/mol. The van der Waals surface area contributed by atoms with Gasteiger partial charge in [-0.1, -0.05) is 0 Å². The summed E-state index contributed by atoms with van der Waals surface area (Å²) in [5, 5.41) is 6.33. The number of piperidine rings is 1. The van der Waals surface area contributed by atoms with Gasteiger partial charge in [-0.15, -0.1) is 11.3 Å². The molecule has 4 nitrogen and oxygen atoms in total. The number of thiazole rings is 1. The molecule has 2 heterocycles. The van der Waals surface area contributed by atoms with Gasteiger partial charge in [0.15, 0.2) is 0 Å². The number of carbonyl (C=O) groups is 1. The summed E-state index contributed by atoms with van der Waals surface area (Å²) in [5.41, 5.74) is 0. The number of likely N-dealkylation sites (tertiary alicyclic amines) is 1. The highest BCUT2D eigenvalue weighted by Crippen LogP contribution is 2.16. The highest BCUT2D eigenvalue weighted by Gasteiger charge is 2.23. The van der Waals surface area contributed by atoms with E-state index >= 15 is 0 Å². The number of amides is 1. The average molecular weight is 267 g/mol. The van der Waals surface area contributed by atoms with E-state index in [4.69, 9.17) is 0 Å². The fourth-order valence-electron chi connectivity index (χ4n) is 2.35. The third kappa shape index (κ3) is 3.29. The van der Waals surface area contributed by atoms with Crippen LogP contribution in [0.4, 0.5) is 0 Å². The Kier molecular flexibility index (Phi) is 4.72. The lowest BCUT2D eigenvalue weighted by molar-refractivity contribution is -0.134. The molecule has 0 aromatic carbocycles. The highest BCUT2D eigenvalue weighted by atomic mass is 32.1. The number of hydrogen-bond donors (Lipinski definition) is 1. The van der Waals surface area contributed by atoms with Crippen molar-refractivity contribution in [3.05, 3.63) is 16.6 Å². The lowest BCUT2D eigenvalue weighted by Crippen LogP contribution is -2.47. The lowest BCUT2D eigenvalue weighted by atomic mass is 10.1. The molecule has 5 heteroatoms. The molecule has 1 aliphatic rings. The van der Waals surface area contributed by atoms with E-state index in [1.54, 1.807) is 17.5 Å². The van der Waals surface area contributed by atoms with Crippen LogP contribution in [0.3, 0.4) is 0 Å². The van der Waals surface area contributed by atoms with Crippen LogP contribution in [-0.2, 0) is 4.79 Å². The molecule has 2 unspecified atom stereocenters. The van der Waals surface area contributed by atoms with Crippen molar-refractivity contribution in [2.24, 2.45) is 0 Å². The van der Waals surface area contributed by atoms with Gasteiger partial charge in [0, 0.05) is 24.7 Å². The SMILES string of the molecule is CC(NC(C)c1nccs1)C(=O)N1CCCCC1. The molecule has 1 aromatic heterocycles. The van der Waals surface area contributed by atoms with Gasteiger partial charge in [-0.25, -0.2) is 4.98 Å². The van der Waals surface area contributed by atoms with E-state index in [1.807, 2.05) is 17.2 Å². The highest BCUT2D eigenvalue weighted by molar-refractivity contribution is 7.09. The number of aromatic nitrogens is 1. The van der Waals surface area contributed by atoms with Crippen LogP contribution >= 0.6 is 11.3 Å². The first-order valence-electron chi connectivity index (χ1n) is 6.62. The first-order valence-corrected chi connectivity index (χ1v) is 7.50. The van der Waals surface area contributed by atoms with Crippen LogP contribution in [0.2, 0.25) is 0 Å². The predicted octanol–water partition coefficient (Wildman–Crippen LogP) is 2.19. The molecule has 1 aromatic rings. The van der Waals surface area contributed by atoms with Crippen LogP contribution in [0, 0.1) is 0 Å². The number of hydrogen-bond acceptors (Lipinski definition) is 4. The van der Waals surface area contributed by atoms with E-state index in [-0.39, 0.29) is 18.0 Å². The minimum Gasteiger partial charge on any atom is -0.341 e. The fraction of sp³-hybridized carbons (Fsp3) is 0.692. The van der Waals surface area contributed by atoms with Crippen molar-refractivity contribution < 1.29 is 4.79 Å². The summed E-state index contributed by atoms with van der Waals surface area (Å²) in [6.45, 7) is 5.83. The van der Waals surface area contributed by atoms with E-state index in [9.17, 15) is 4.79 Å². The molecule has 0 radical (unpaired) electrons. The number of carbonyl (C=O) groups excluding carboxylic acids is 1. The van der Waals surface area contributed by atoms with Crippen LogP contribution in [0.1, 0.15) is 44.2 Å². The normalized spacial score (nSPS) is 19.6. The molecule has 2 rings (SSSR count). The summed E-state index contributed by atoms with van der Waals surface area (Å²) in [4.78, 5) is 18.5. The van der Waals surface area contributed by atoms with E-state index in [0.717, 1.165) is 30.9 Å². The molecule has 1 saturated heterocycles. The van der Waals surface area contributed by atoms with Gasteiger partial charge in [-0.3, -0.25) is 10.1 Å². The predicted molar refractivity (Wildman–Crippen MR) is 73.6 cm³/mol. The Morgan fingerprint density at radius 2 is 2.11 bits per heavy atom. The molecule has 0 spiro atoms. The van der Waals surface area contributed by atoms with Crippen LogP contribution in [-0.4, -0.2) is 34.9 Å². The average Bonchev–Trinajstić information content (AvgIpc) is 2.92. The zero-order valence-corrected chi connectivity index (χ0v) is 11.9. The van der Waals surface area contributed by atoms with Crippen LogP contribution in [0.5, 0.6) is 0 Å². The maximum atomic E-state index is 12.2. The summed E-state index contributed by atoms with van der Waals surface area (Å²) in [6.07, 6.45) is 5.33. The lowest BCUT2D eigenvalue weighted by Gasteiger charge is -2.30. The molecule has 0 saturated carbocycles. The Morgan fingerprint density at radius 3 is 2.72 bits per heavy atom. The van der Waals surface area contributed by atoms with E-state index in [0.29, 0.717) is 0 Å².